The molecule has 16 heavy (non-hydrogen) atoms. The van der Waals surface area contributed by atoms with Gasteiger partial charge in [0.2, 0.25) is 5.95 Å². The Morgan fingerprint density at radius 3 is 2.94 bits per heavy atom. The molecule has 0 bridgehead atoms. The van der Waals surface area contributed by atoms with Crippen LogP contribution in [0.4, 0.5) is 8.78 Å². The van der Waals surface area contributed by atoms with Gasteiger partial charge in [-0.15, -0.1) is 0 Å². The van der Waals surface area contributed by atoms with E-state index < -0.39 is 17.7 Å². The van der Waals surface area contributed by atoms with E-state index in [1.165, 1.54) is 18.9 Å². The second kappa shape index (κ2) is 4.55. The van der Waals surface area contributed by atoms with Crippen molar-refractivity contribution in [2.75, 3.05) is 6.54 Å². The maximum atomic E-state index is 13.2. The van der Waals surface area contributed by atoms with Gasteiger partial charge in [0.25, 0.3) is 5.91 Å². The smallest absolute Gasteiger partial charge is 0.254 e. The fourth-order valence-electron chi connectivity index (χ4n) is 1.49. The van der Waals surface area contributed by atoms with Crippen molar-refractivity contribution in [3.8, 4) is 0 Å². The lowest BCUT2D eigenvalue weighted by molar-refractivity contribution is 0.0947. The first-order valence-electron chi connectivity index (χ1n) is 5.26. The Balaban J connectivity index is 1.93. The number of carbonyl (C=O) groups excluding carboxylic acids is 1. The number of hydrogen-bond donors (Lipinski definition) is 1. The van der Waals surface area contributed by atoms with Gasteiger partial charge in [0.1, 0.15) is 0 Å². The SMILES string of the molecule is O=C(NCCC1CC1)c1ccnc(F)c1F. The molecule has 0 unspecified atom stereocenters. The predicted molar refractivity (Wildman–Crippen MR) is 53.8 cm³/mol. The first-order valence-corrected chi connectivity index (χ1v) is 5.26. The molecule has 2 rings (SSSR count). The van der Waals surface area contributed by atoms with Crippen LogP contribution in [0.3, 0.4) is 0 Å². The molecule has 1 N–H and O–H groups in total. The third-order valence-corrected chi connectivity index (χ3v) is 2.63. The molecule has 0 aromatic carbocycles. The highest BCUT2D eigenvalue weighted by molar-refractivity contribution is 5.94. The number of hydrogen-bond acceptors (Lipinski definition) is 2. The van der Waals surface area contributed by atoms with E-state index in [1.807, 2.05) is 0 Å². The summed E-state index contributed by atoms with van der Waals surface area (Å²) in [6.45, 7) is 0.507. The lowest BCUT2D eigenvalue weighted by atomic mass is 10.2. The molecule has 0 radical (unpaired) electrons. The number of nitrogens with zero attached hydrogens (tertiary/aromatic N) is 1. The summed E-state index contributed by atoms with van der Waals surface area (Å²) < 4.78 is 25.9. The molecule has 1 fully saturated rings. The molecule has 1 aliphatic carbocycles. The lowest BCUT2D eigenvalue weighted by Gasteiger charge is -2.05. The quantitative estimate of drug-likeness (QED) is 0.796. The van der Waals surface area contributed by atoms with Crippen molar-refractivity contribution in [2.45, 2.75) is 19.3 Å². The fraction of sp³-hybridized carbons (Fsp3) is 0.455. The summed E-state index contributed by atoms with van der Waals surface area (Å²) >= 11 is 0. The van der Waals surface area contributed by atoms with Crippen LogP contribution in [-0.2, 0) is 0 Å². The molecule has 5 heteroatoms. The molecule has 1 aliphatic rings. The summed E-state index contributed by atoms with van der Waals surface area (Å²) in [4.78, 5) is 14.6. The van der Waals surface area contributed by atoms with E-state index in [4.69, 9.17) is 0 Å². The number of aromatic nitrogens is 1. The zero-order valence-corrected chi connectivity index (χ0v) is 8.67. The molecule has 1 aromatic heterocycles. The molecule has 3 nitrogen and oxygen atoms in total. The monoisotopic (exact) mass is 226 g/mol. The van der Waals surface area contributed by atoms with Crippen LogP contribution in [0, 0.1) is 17.7 Å². The maximum Gasteiger partial charge on any atom is 0.254 e. The van der Waals surface area contributed by atoms with Gasteiger partial charge in [-0.05, 0) is 18.4 Å². The molecular weight excluding hydrogens is 214 g/mol. The van der Waals surface area contributed by atoms with Gasteiger partial charge in [-0.25, -0.2) is 9.37 Å². The third-order valence-electron chi connectivity index (χ3n) is 2.63. The minimum Gasteiger partial charge on any atom is -0.352 e. The van der Waals surface area contributed by atoms with Crippen molar-refractivity contribution in [1.82, 2.24) is 10.3 Å². The number of nitrogens with one attached hydrogen (secondary N) is 1. The molecule has 0 saturated heterocycles. The summed E-state index contributed by atoms with van der Waals surface area (Å²) in [6.07, 6.45) is 4.39. The first kappa shape index (κ1) is 11.0. The normalized spacial score (nSPS) is 14.9. The molecule has 86 valence electrons. The Kier molecular flexibility index (Phi) is 3.12. The van der Waals surface area contributed by atoms with E-state index in [0.717, 1.165) is 12.6 Å². The highest BCUT2D eigenvalue weighted by Crippen LogP contribution is 2.31. The zero-order chi connectivity index (χ0) is 11.5. The molecule has 1 heterocycles. The Morgan fingerprint density at radius 1 is 1.50 bits per heavy atom. The molecule has 1 amide bonds. The average molecular weight is 226 g/mol. The van der Waals surface area contributed by atoms with Gasteiger partial charge in [-0.3, -0.25) is 4.79 Å². The van der Waals surface area contributed by atoms with Crippen LogP contribution >= 0.6 is 0 Å². The molecule has 0 atom stereocenters. The van der Waals surface area contributed by atoms with Crippen LogP contribution in [0.15, 0.2) is 12.3 Å². The van der Waals surface area contributed by atoms with E-state index in [0.29, 0.717) is 12.5 Å². The largest absolute Gasteiger partial charge is 0.352 e. The van der Waals surface area contributed by atoms with Crippen LogP contribution in [0.5, 0.6) is 0 Å². The summed E-state index contributed by atoms with van der Waals surface area (Å²) in [5.41, 5.74) is -0.289. The Bertz CT molecular complexity index is 405. The van der Waals surface area contributed by atoms with Crippen molar-refractivity contribution < 1.29 is 13.6 Å². The van der Waals surface area contributed by atoms with Crippen molar-refractivity contribution in [2.24, 2.45) is 5.92 Å². The molecule has 1 saturated carbocycles. The summed E-state index contributed by atoms with van der Waals surface area (Å²) in [6, 6.07) is 1.17. The van der Waals surface area contributed by atoms with E-state index in [2.05, 4.69) is 10.3 Å². The highest BCUT2D eigenvalue weighted by Gasteiger charge is 2.21. The fourth-order valence-corrected chi connectivity index (χ4v) is 1.49. The van der Waals surface area contributed by atoms with Crippen LogP contribution in [0.2, 0.25) is 0 Å². The summed E-state index contributed by atoms with van der Waals surface area (Å²) in [7, 11) is 0. The topological polar surface area (TPSA) is 42.0 Å². The molecule has 0 aliphatic heterocycles. The summed E-state index contributed by atoms with van der Waals surface area (Å²) in [5, 5.41) is 2.56. The van der Waals surface area contributed by atoms with E-state index in [-0.39, 0.29) is 5.56 Å². The predicted octanol–water partition coefficient (Wildman–Crippen LogP) is 1.89. The maximum absolute atomic E-state index is 13.2. The molecule has 1 aromatic rings. The van der Waals surface area contributed by atoms with Crippen LogP contribution in [-0.4, -0.2) is 17.4 Å². The standard InChI is InChI=1S/C11H12F2N2O/c12-9-8(4-6-14-10(9)13)11(16)15-5-3-7-1-2-7/h4,6-7H,1-3,5H2,(H,15,16). The average Bonchev–Trinajstić information content (AvgIpc) is 3.06. The van der Waals surface area contributed by atoms with Crippen LogP contribution in [0.1, 0.15) is 29.6 Å². The van der Waals surface area contributed by atoms with Gasteiger partial charge in [0.15, 0.2) is 5.82 Å². The number of amides is 1. The first-order chi connectivity index (χ1) is 7.68. The number of pyridine rings is 1. The van der Waals surface area contributed by atoms with Gasteiger partial charge in [-0.1, -0.05) is 12.8 Å². The van der Waals surface area contributed by atoms with Crippen molar-refractivity contribution in [3.63, 3.8) is 0 Å². The zero-order valence-electron chi connectivity index (χ0n) is 8.67. The van der Waals surface area contributed by atoms with Gasteiger partial charge >= 0.3 is 0 Å². The van der Waals surface area contributed by atoms with Gasteiger partial charge in [-0.2, -0.15) is 4.39 Å². The van der Waals surface area contributed by atoms with Gasteiger partial charge < -0.3 is 5.32 Å². The van der Waals surface area contributed by atoms with Crippen molar-refractivity contribution in [1.29, 1.82) is 0 Å². The minimum atomic E-state index is -1.24. The number of rotatable bonds is 4. The molecule has 0 spiro atoms. The third kappa shape index (κ3) is 2.53. The Morgan fingerprint density at radius 2 is 2.25 bits per heavy atom. The Labute approximate surface area is 91.9 Å². The van der Waals surface area contributed by atoms with Gasteiger partial charge in [0, 0.05) is 12.7 Å². The van der Waals surface area contributed by atoms with E-state index in [9.17, 15) is 13.6 Å². The number of carbonyl (C=O) groups is 1. The van der Waals surface area contributed by atoms with Crippen molar-refractivity contribution in [3.05, 3.63) is 29.6 Å². The second-order valence-electron chi connectivity index (χ2n) is 3.95. The highest BCUT2D eigenvalue weighted by atomic mass is 19.2. The van der Waals surface area contributed by atoms with Crippen LogP contribution < -0.4 is 5.32 Å². The minimum absolute atomic E-state index is 0.289. The number of halogens is 2. The van der Waals surface area contributed by atoms with Crippen molar-refractivity contribution >= 4 is 5.91 Å². The molecular formula is C11H12F2N2O. The Hall–Kier alpha value is -1.52. The lowest BCUT2D eigenvalue weighted by Crippen LogP contribution is -2.26. The van der Waals surface area contributed by atoms with E-state index >= 15 is 0 Å². The van der Waals surface area contributed by atoms with Crippen LogP contribution in [0.25, 0.3) is 0 Å². The summed E-state index contributed by atoms with van der Waals surface area (Å²) in [5.74, 6) is -2.32. The second-order valence-corrected chi connectivity index (χ2v) is 3.95. The van der Waals surface area contributed by atoms with E-state index in [1.54, 1.807) is 0 Å². The van der Waals surface area contributed by atoms with Gasteiger partial charge in [0.05, 0.1) is 5.56 Å².